The minimum Gasteiger partial charge on any atom is -0.495 e. The van der Waals surface area contributed by atoms with E-state index in [4.69, 9.17) is 40.2 Å². The van der Waals surface area contributed by atoms with E-state index in [-0.39, 0.29) is 0 Å². The number of thiocarbonyl (C=S) groups is 1. The molecular formula is C22H20Cl2N2OS. The lowest BCUT2D eigenvalue weighted by atomic mass is 10.1. The highest BCUT2D eigenvalue weighted by Gasteiger charge is 2.15. The summed E-state index contributed by atoms with van der Waals surface area (Å²) >= 11 is 18.3. The van der Waals surface area contributed by atoms with E-state index in [9.17, 15) is 0 Å². The Kier molecular flexibility index (Phi) is 7.15. The minimum absolute atomic E-state index is 0.523. The second-order valence-corrected chi connectivity index (χ2v) is 7.44. The van der Waals surface area contributed by atoms with Gasteiger partial charge in [0.15, 0.2) is 5.11 Å². The van der Waals surface area contributed by atoms with Gasteiger partial charge in [0.05, 0.1) is 12.8 Å². The predicted molar refractivity (Wildman–Crippen MR) is 121 cm³/mol. The highest BCUT2D eigenvalue weighted by atomic mass is 35.5. The average molecular weight is 431 g/mol. The number of nitrogens with zero attached hydrogens (tertiary/aromatic N) is 1. The average Bonchev–Trinajstić information content (AvgIpc) is 2.71. The standard InChI is InChI=1S/C22H20Cl2N2OS/c1-27-21-10-6-5-9-20(21)25-22(28)26(14-16-7-3-2-4-8-16)15-17-13-18(23)11-12-19(17)24/h2-13H,14-15H2,1H3,(H,25,28). The molecule has 144 valence electrons. The molecule has 3 rings (SSSR count). The number of methoxy groups -OCH3 is 1. The van der Waals surface area contributed by atoms with Gasteiger partial charge in [-0.2, -0.15) is 0 Å². The van der Waals surface area contributed by atoms with E-state index in [1.54, 1.807) is 19.2 Å². The lowest BCUT2D eigenvalue weighted by Gasteiger charge is -2.27. The smallest absolute Gasteiger partial charge is 0.174 e. The van der Waals surface area contributed by atoms with Crippen LogP contribution in [-0.4, -0.2) is 17.1 Å². The van der Waals surface area contributed by atoms with Crippen molar-refractivity contribution in [2.45, 2.75) is 13.1 Å². The first-order chi connectivity index (χ1) is 13.6. The van der Waals surface area contributed by atoms with Gasteiger partial charge in [0.1, 0.15) is 5.75 Å². The zero-order valence-corrected chi connectivity index (χ0v) is 17.7. The fourth-order valence-electron chi connectivity index (χ4n) is 2.82. The zero-order valence-electron chi connectivity index (χ0n) is 15.4. The lowest BCUT2D eigenvalue weighted by Crippen LogP contribution is -2.34. The van der Waals surface area contributed by atoms with E-state index < -0.39 is 0 Å². The quantitative estimate of drug-likeness (QED) is 0.457. The van der Waals surface area contributed by atoms with Gasteiger partial charge in [0.25, 0.3) is 0 Å². The summed E-state index contributed by atoms with van der Waals surface area (Å²) in [6, 6.07) is 23.3. The number of halogens is 2. The van der Waals surface area contributed by atoms with Crippen LogP contribution in [-0.2, 0) is 13.1 Å². The predicted octanol–water partition coefficient (Wildman–Crippen LogP) is 6.40. The van der Waals surface area contributed by atoms with E-state index in [2.05, 4.69) is 22.3 Å². The second-order valence-electron chi connectivity index (χ2n) is 6.21. The van der Waals surface area contributed by atoms with Crippen molar-refractivity contribution in [1.82, 2.24) is 4.90 Å². The van der Waals surface area contributed by atoms with Gasteiger partial charge in [0, 0.05) is 23.1 Å². The molecule has 0 amide bonds. The Balaban J connectivity index is 1.86. The van der Waals surface area contributed by atoms with Gasteiger partial charge in [-0.1, -0.05) is 65.7 Å². The summed E-state index contributed by atoms with van der Waals surface area (Å²) in [7, 11) is 1.64. The summed E-state index contributed by atoms with van der Waals surface area (Å²) in [6.07, 6.45) is 0. The molecule has 0 saturated carbocycles. The summed E-state index contributed by atoms with van der Waals surface area (Å²) in [4.78, 5) is 2.05. The van der Waals surface area contributed by atoms with Crippen LogP contribution in [0.5, 0.6) is 5.75 Å². The summed E-state index contributed by atoms with van der Waals surface area (Å²) in [5.74, 6) is 0.727. The van der Waals surface area contributed by atoms with Crippen molar-refractivity contribution in [3.05, 3.63) is 94.0 Å². The van der Waals surface area contributed by atoms with Crippen molar-refractivity contribution in [3.8, 4) is 5.75 Å². The van der Waals surface area contributed by atoms with Crippen molar-refractivity contribution in [2.75, 3.05) is 12.4 Å². The molecule has 0 bridgehead atoms. The van der Waals surface area contributed by atoms with Crippen LogP contribution >= 0.6 is 35.4 Å². The molecule has 0 saturated heterocycles. The largest absolute Gasteiger partial charge is 0.495 e. The van der Waals surface area contributed by atoms with Crippen LogP contribution in [0.15, 0.2) is 72.8 Å². The van der Waals surface area contributed by atoms with Gasteiger partial charge < -0.3 is 15.0 Å². The van der Waals surface area contributed by atoms with Gasteiger partial charge >= 0.3 is 0 Å². The molecule has 0 aliphatic carbocycles. The number of nitrogens with one attached hydrogen (secondary N) is 1. The van der Waals surface area contributed by atoms with Crippen molar-refractivity contribution < 1.29 is 4.74 Å². The monoisotopic (exact) mass is 430 g/mol. The van der Waals surface area contributed by atoms with Crippen molar-refractivity contribution in [2.24, 2.45) is 0 Å². The number of hydrogen-bond donors (Lipinski definition) is 1. The molecule has 0 aliphatic rings. The SMILES string of the molecule is COc1ccccc1NC(=S)N(Cc1ccccc1)Cc1cc(Cl)ccc1Cl. The van der Waals surface area contributed by atoms with Crippen LogP contribution < -0.4 is 10.1 Å². The Bertz CT molecular complexity index is 950. The molecule has 0 atom stereocenters. The highest BCUT2D eigenvalue weighted by Crippen LogP contribution is 2.26. The number of hydrogen-bond acceptors (Lipinski definition) is 2. The molecule has 0 aliphatic heterocycles. The van der Waals surface area contributed by atoms with Gasteiger partial charge in [-0.3, -0.25) is 0 Å². The first kappa shape index (κ1) is 20.5. The molecule has 3 aromatic rings. The fraction of sp³-hybridized carbons (Fsp3) is 0.136. The van der Waals surface area contributed by atoms with E-state index in [0.717, 1.165) is 22.6 Å². The van der Waals surface area contributed by atoms with Crippen molar-refractivity contribution in [1.29, 1.82) is 0 Å². The van der Waals surface area contributed by atoms with Gasteiger partial charge in [-0.05, 0) is 53.7 Å². The maximum absolute atomic E-state index is 6.39. The minimum atomic E-state index is 0.523. The van der Waals surface area contributed by atoms with E-state index in [1.807, 2.05) is 48.5 Å². The Morgan fingerprint density at radius 3 is 2.43 bits per heavy atom. The van der Waals surface area contributed by atoms with E-state index in [0.29, 0.717) is 28.2 Å². The molecule has 1 N–H and O–H groups in total. The normalized spacial score (nSPS) is 10.4. The van der Waals surface area contributed by atoms with Gasteiger partial charge in [0.2, 0.25) is 0 Å². The molecule has 0 unspecified atom stereocenters. The fourth-order valence-corrected chi connectivity index (χ4v) is 3.43. The molecule has 0 heterocycles. The molecular weight excluding hydrogens is 411 g/mol. The molecule has 0 aromatic heterocycles. The lowest BCUT2D eigenvalue weighted by molar-refractivity contribution is 0.409. The first-order valence-electron chi connectivity index (χ1n) is 8.73. The van der Waals surface area contributed by atoms with E-state index >= 15 is 0 Å². The molecule has 0 radical (unpaired) electrons. The Morgan fingerprint density at radius 1 is 0.964 bits per heavy atom. The summed E-state index contributed by atoms with van der Waals surface area (Å²) in [6.45, 7) is 1.15. The molecule has 6 heteroatoms. The van der Waals surface area contributed by atoms with Crippen LogP contribution in [0.25, 0.3) is 0 Å². The second kappa shape index (κ2) is 9.78. The topological polar surface area (TPSA) is 24.5 Å². The third kappa shape index (κ3) is 5.38. The van der Waals surface area contributed by atoms with Gasteiger partial charge in [-0.25, -0.2) is 0 Å². The third-order valence-corrected chi connectivity index (χ3v) is 5.19. The number of rotatable bonds is 6. The molecule has 0 spiro atoms. The van der Waals surface area contributed by atoms with Crippen molar-refractivity contribution >= 4 is 46.2 Å². The number of para-hydroxylation sites is 2. The summed E-state index contributed by atoms with van der Waals surface area (Å²) in [5.41, 5.74) is 2.87. The molecule has 28 heavy (non-hydrogen) atoms. The van der Waals surface area contributed by atoms with Crippen molar-refractivity contribution in [3.63, 3.8) is 0 Å². The molecule has 3 aromatic carbocycles. The maximum Gasteiger partial charge on any atom is 0.174 e. The van der Waals surface area contributed by atoms with Crippen LogP contribution in [0.2, 0.25) is 10.0 Å². The number of benzene rings is 3. The Hall–Kier alpha value is -2.27. The van der Waals surface area contributed by atoms with Crippen LogP contribution in [0.1, 0.15) is 11.1 Å². The van der Waals surface area contributed by atoms with Gasteiger partial charge in [-0.15, -0.1) is 0 Å². The van der Waals surface area contributed by atoms with Crippen LogP contribution in [0.4, 0.5) is 5.69 Å². The van der Waals surface area contributed by atoms with Crippen LogP contribution in [0, 0.1) is 0 Å². The zero-order chi connectivity index (χ0) is 19.9. The highest BCUT2D eigenvalue weighted by molar-refractivity contribution is 7.80. The Morgan fingerprint density at radius 2 is 1.68 bits per heavy atom. The summed E-state index contributed by atoms with van der Waals surface area (Å²) in [5, 5.41) is 5.16. The molecule has 0 fully saturated rings. The Labute approximate surface area is 180 Å². The third-order valence-electron chi connectivity index (χ3n) is 4.22. The summed E-state index contributed by atoms with van der Waals surface area (Å²) < 4.78 is 5.42. The van der Waals surface area contributed by atoms with Crippen LogP contribution in [0.3, 0.4) is 0 Å². The maximum atomic E-state index is 6.39. The first-order valence-corrected chi connectivity index (χ1v) is 9.90. The number of ether oxygens (including phenoxy) is 1. The number of anilines is 1. The van der Waals surface area contributed by atoms with E-state index in [1.165, 1.54) is 0 Å². The molecule has 3 nitrogen and oxygen atoms in total.